The Morgan fingerprint density at radius 2 is 2.40 bits per heavy atom. The Hall–Kier alpha value is -1.00. The lowest BCUT2D eigenvalue weighted by molar-refractivity contribution is -0.401. The van der Waals surface area contributed by atoms with Crippen molar-refractivity contribution in [1.29, 1.82) is 0 Å². The molecule has 0 aromatic heterocycles. The third kappa shape index (κ3) is 3.93. The number of thioether (sulfide) groups is 1. The van der Waals surface area contributed by atoms with Crippen LogP contribution in [0.3, 0.4) is 0 Å². The largest absolute Gasteiger partial charge is 0.259 e. The Bertz CT molecular complexity index is 393. The predicted octanol–water partition coefficient (Wildman–Crippen LogP) is 3.67. The van der Waals surface area contributed by atoms with Gasteiger partial charge in [-0.05, 0) is 23.4 Å². The summed E-state index contributed by atoms with van der Waals surface area (Å²) in [5, 5.41) is 11.0. The first-order chi connectivity index (χ1) is 7.13. The van der Waals surface area contributed by atoms with Gasteiger partial charge < -0.3 is 0 Å². The molecule has 0 amide bonds. The molecule has 3 nitrogen and oxygen atoms in total. The summed E-state index contributed by atoms with van der Waals surface area (Å²) in [5.41, 5.74) is 0.783. The highest BCUT2D eigenvalue weighted by Crippen LogP contribution is 2.28. The van der Waals surface area contributed by atoms with Crippen LogP contribution >= 0.6 is 23.4 Å². The van der Waals surface area contributed by atoms with Crippen LogP contribution in [0.4, 0.5) is 0 Å². The maximum Gasteiger partial charge on any atom is 0.248 e. The van der Waals surface area contributed by atoms with Crippen LogP contribution in [-0.2, 0) is 0 Å². The Kier molecular flexibility index (Phi) is 4.65. The summed E-state index contributed by atoms with van der Waals surface area (Å²) in [7, 11) is 0. The molecule has 0 atom stereocenters. The summed E-state index contributed by atoms with van der Waals surface area (Å²) in [6, 6.07) is 7.05. The zero-order valence-corrected chi connectivity index (χ0v) is 9.72. The van der Waals surface area contributed by atoms with E-state index < -0.39 is 4.92 Å². The fraction of sp³-hybridized carbons (Fsp3) is 0.200. The van der Waals surface area contributed by atoms with Gasteiger partial charge in [-0.3, -0.25) is 10.1 Å². The maximum absolute atomic E-state index is 10.4. The van der Waals surface area contributed by atoms with Gasteiger partial charge in [0.25, 0.3) is 0 Å². The summed E-state index contributed by atoms with van der Waals surface area (Å²) in [4.78, 5) is 10.6. The Balaban J connectivity index is 3.04. The van der Waals surface area contributed by atoms with E-state index in [1.54, 1.807) is 18.2 Å². The number of hydrogen-bond donors (Lipinski definition) is 0. The van der Waals surface area contributed by atoms with E-state index in [0.29, 0.717) is 9.93 Å². The fourth-order valence-electron chi connectivity index (χ4n) is 1.09. The molecule has 0 aliphatic carbocycles. The first-order valence-electron chi connectivity index (χ1n) is 4.37. The standard InChI is InChI=1S/C10H10ClNO2S/c1-2-15-10(7-12(13)14)8-4-3-5-9(11)6-8/h3-7H,2H2,1H3/b10-7-. The minimum Gasteiger partial charge on any atom is -0.259 e. The van der Waals surface area contributed by atoms with Gasteiger partial charge in [0.05, 0.1) is 9.83 Å². The monoisotopic (exact) mass is 243 g/mol. The van der Waals surface area contributed by atoms with Crippen LogP contribution in [0.2, 0.25) is 5.02 Å². The van der Waals surface area contributed by atoms with Gasteiger partial charge >= 0.3 is 0 Å². The second kappa shape index (κ2) is 5.78. The zero-order chi connectivity index (χ0) is 11.3. The van der Waals surface area contributed by atoms with Crippen molar-refractivity contribution in [3.63, 3.8) is 0 Å². The summed E-state index contributed by atoms with van der Waals surface area (Å²) >= 11 is 7.25. The van der Waals surface area contributed by atoms with Crippen LogP contribution in [-0.4, -0.2) is 10.7 Å². The number of halogens is 1. The molecule has 80 valence electrons. The molecule has 0 spiro atoms. The Morgan fingerprint density at radius 1 is 1.67 bits per heavy atom. The summed E-state index contributed by atoms with van der Waals surface area (Å²) in [6.07, 6.45) is 1.01. The summed E-state index contributed by atoms with van der Waals surface area (Å²) in [6.45, 7) is 1.95. The van der Waals surface area contributed by atoms with Crippen LogP contribution in [0.5, 0.6) is 0 Å². The minimum absolute atomic E-state index is 0.446. The van der Waals surface area contributed by atoms with Gasteiger partial charge in [0.15, 0.2) is 0 Å². The molecule has 0 unspecified atom stereocenters. The van der Waals surface area contributed by atoms with Crippen LogP contribution in [0, 0.1) is 10.1 Å². The molecule has 0 heterocycles. The molecule has 15 heavy (non-hydrogen) atoms. The van der Waals surface area contributed by atoms with Gasteiger partial charge in [-0.25, -0.2) is 0 Å². The predicted molar refractivity (Wildman–Crippen MR) is 64.6 cm³/mol. The second-order valence-corrected chi connectivity index (χ2v) is 4.46. The number of nitrogens with zero attached hydrogens (tertiary/aromatic N) is 1. The van der Waals surface area contributed by atoms with Crippen molar-refractivity contribution in [2.24, 2.45) is 0 Å². The SMILES string of the molecule is CCS/C(=C\[N+](=O)[O-])c1cccc(Cl)c1. The van der Waals surface area contributed by atoms with E-state index >= 15 is 0 Å². The summed E-state index contributed by atoms with van der Waals surface area (Å²) < 4.78 is 0. The van der Waals surface area contributed by atoms with E-state index in [-0.39, 0.29) is 0 Å². The van der Waals surface area contributed by atoms with Gasteiger partial charge in [0.2, 0.25) is 6.20 Å². The molecule has 0 saturated carbocycles. The minimum atomic E-state index is -0.446. The smallest absolute Gasteiger partial charge is 0.248 e. The van der Waals surface area contributed by atoms with Crippen molar-refractivity contribution in [2.75, 3.05) is 5.75 Å². The van der Waals surface area contributed by atoms with E-state index in [2.05, 4.69) is 0 Å². The van der Waals surface area contributed by atoms with Crippen molar-refractivity contribution >= 4 is 28.3 Å². The van der Waals surface area contributed by atoms with E-state index in [1.165, 1.54) is 11.8 Å². The van der Waals surface area contributed by atoms with Crippen molar-refractivity contribution < 1.29 is 4.92 Å². The Labute approximate surface area is 97.3 Å². The van der Waals surface area contributed by atoms with Crippen LogP contribution in [0.1, 0.15) is 12.5 Å². The van der Waals surface area contributed by atoms with Crippen molar-refractivity contribution in [3.05, 3.63) is 51.2 Å². The molecule has 1 aromatic rings. The highest BCUT2D eigenvalue weighted by Gasteiger charge is 2.06. The van der Waals surface area contributed by atoms with Crippen molar-refractivity contribution in [3.8, 4) is 0 Å². The van der Waals surface area contributed by atoms with E-state index in [4.69, 9.17) is 11.6 Å². The fourth-order valence-corrected chi connectivity index (χ4v) is 2.04. The van der Waals surface area contributed by atoms with Gasteiger partial charge in [-0.15, -0.1) is 11.8 Å². The maximum atomic E-state index is 10.4. The molecule has 0 aliphatic heterocycles. The molecular weight excluding hydrogens is 234 g/mol. The molecule has 0 fully saturated rings. The normalized spacial score (nSPS) is 11.5. The quantitative estimate of drug-likeness (QED) is 0.599. The van der Waals surface area contributed by atoms with E-state index in [9.17, 15) is 10.1 Å². The van der Waals surface area contributed by atoms with Crippen LogP contribution in [0.15, 0.2) is 30.5 Å². The Morgan fingerprint density at radius 3 is 2.93 bits per heavy atom. The van der Waals surface area contributed by atoms with Gasteiger partial charge in [-0.1, -0.05) is 30.7 Å². The first-order valence-corrected chi connectivity index (χ1v) is 5.74. The number of hydrogen-bond acceptors (Lipinski definition) is 3. The van der Waals surface area contributed by atoms with Gasteiger partial charge in [0.1, 0.15) is 0 Å². The summed E-state index contributed by atoms with van der Waals surface area (Å²) in [5.74, 6) is 0.784. The zero-order valence-electron chi connectivity index (χ0n) is 8.14. The van der Waals surface area contributed by atoms with Crippen LogP contribution in [0.25, 0.3) is 4.91 Å². The molecule has 0 aliphatic rings. The highest BCUT2D eigenvalue weighted by atomic mass is 35.5. The number of nitro groups is 1. The molecule has 5 heteroatoms. The lowest BCUT2D eigenvalue weighted by Crippen LogP contribution is -1.89. The number of rotatable bonds is 4. The topological polar surface area (TPSA) is 43.1 Å². The highest BCUT2D eigenvalue weighted by molar-refractivity contribution is 8.08. The lowest BCUT2D eigenvalue weighted by Gasteiger charge is -2.02. The third-order valence-electron chi connectivity index (χ3n) is 1.63. The van der Waals surface area contributed by atoms with Crippen LogP contribution < -0.4 is 0 Å². The molecule has 0 N–H and O–H groups in total. The third-order valence-corrected chi connectivity index (χ3v) is 2.81. The van der Waals surface area contributed by atoms with E-state index in [0.717, 1.165) is 17.5 Å². The molecular formula is C10H10ClNO2S. The molecule has 1 aromatic carbocycles. The second-order valence-electron chi connectivity index (χ2n) is 2.72. The molecule has 1 rings (SSSR count). The van der Waals surface area contributed by atoms with Crippen molar-refractivity contribution in [2.45, 2.75) is 6.92 Å². The van der Waals surface area contributed by atoms with Gasteiger partial charge in [0, 0.05) is 5.02 Å². The van der Waals surface area contributed by atoms with Crippen molar-refractivity contribution in [1.82, 2.24) is 0 Å². The molecule has 0 saturated heterocycles. The first kappa shape index (κ1) is 12.1. The lowest BCUT2D eigenvalue weighted by atomic mass is 10.2. The van der Waals surface area contributed by atoms with E-state index in [1.807, 2.05) is 13.0 Å². The molecule has 0 radical (unpaired) electrons. The average Bonchev–Trinajstić information content (AvgIpc) is 2.16. The van der Waals surface area contributed by atoms with Gasteiger partial charge in [-0.2, -0.15) is 0 Å². The number of benzene rings is 1. The molecule has 0 bridgehead atoms. The average molecular weight is 244 g/mol.